The zero-order chi connectivity index (χ0) is 28.8. The van der Waals surface area contributed by atoms with E-state index in [1.807, 2.05) is 6.08 Å². The van der Waals surface area contributed by atoms with E-state index in [1.54, 1.807) is 0 Å². The molecule has 3 atom stereocenters. The van der Waals surface area contributed by atoms with E-state index in [-0.39, 0.29) is 33.4 Å². The molecule has 0 aliphatic carbocycles. The number of ether oxygens (including phenoxy) is 1. The standard InChI is InChI=1S/C29H60O4Si3/c1-18-21-25(33-36(16,17)29(9,10)11)26(24(19-2)32-35(14,15)28(6,7)8)30-22-20-23-31-34(12,13)27(3,4)5/h1,19,24-26H,2,20-23H2,3-17H3. The molecule has 3 unspecified atom stereocenters. The molecule has 0 aliphatic heterocycles. The van der Waals surface area contributed by atoms with Crippen LogP contribution in [0.2, 0.25) is 54.4 Å². The highest BCUT2D eigenvalue weighted by Crippen LogP contribution is 2.41. The summed E-state index contributed by atoms with van der Waals surface area (Å²) in [5, 5.41) is 0.319. The Balaban J connectivity index is 5.89. The lowest BCUT2D eigenvalue weighted by Gasteiger charge is -2.45. The average Bonchev–Trinajstić information content (AvgIpc) is 2.66. The lowest BCUT2D eigenvalue weighted by molar-refractivity contribution is -0.0769. The Hall–Kier alpha value is -0.209. The summed E-state index contributed by atoms with van der Waals surface area (Å²) in [6.45, 7) is 39.3. The Bertz CT molecular complexity index is 719. The van der Waals surface area contributed by atoms with Crippen molar-refractivity contribution in [2.45, 2.75) is 148 Å². The van der Waals surface area contributed by atoms with Crippen LogP contribution in [0.25, 0.3) is 0 Å². The van der Waals surface area contributed by atoms with Gasteiger partial charge in [-0.3, -0.25) is 0 Å². The fraction of sp³-hybridized carbons (Fsp3) is 0.862. The van der Waals surface area contributed by atoms with E-state index in [0.29, 0.717) is 19.6 Å². The van der Waals surface area contributed by atoms with Crippen LogP contribution in [0.3, 0.4) is 0 Å². The molecule has 0 saturated heterocycles. The predicted molar refractivity (Wildman–Crippen MR) is 165 cm³/mol. The summed E-state index contributed by atoms with van der Waals surface area (Å²) < 4.78 is 26.7. The number of rotatable bonds is 14. The van der Waals surface area contributed by atoms with Gasteiger partial charge in [0.25, 0.3) is 0 Å². The molecule has 4 nitrogen and oxygen atoms in total. The number of hydrogen-bond donors (Lipinski definition) is 0. The van der Waals surface area contributed by atoms with Gasteiger partial charge in [-0.15, -0.1) is 18.9 Å². The van der Waals surface area contributed by atoms with Crippen molar-refractivity contribution in [2.75, 3.05) is 13.2 Å². The van der Waals surface area contributed by atoms with Crippen LogP contribution in [-0.4, -0.2) is 56.5 Å². The third kappa shape index (κ3) is 10.5. The van der Waals surface area contributed by atoms with Crippen LogP contribution in [0.15, 0.2) is 12.7 Å². The van der Waals surface area contributed by atoms with Gasteiger partial charge in [0, 0.05) is 19.6 Å². The van der Waals surface area contributed by atoms with Crippen molar-refractivity contribution in [2.24, 2.45) is 0 Å². The second-order valence-corrected chi connectivity index (χ2v) is 29.0. The fourth-order valence-electron chi connectivity index (χ4n) is 2.90. The normalized spacial score (nSPS) is 16.8. The lowest BCUT2D eigenvalue weighted by atomic mass is 10.1. The van der Waals surface area contributed by atoms with Crippen molar-refractivity contribution in [3.63, 3.8) is 0 Å². The maximum Gasteiger partial charge on any atom is 0.193 e. The number of terminal acetylenes is 1. The molecular weight excluding hydrogens is 497 g/mol. The van der Waals surface area contributed by atoms with Gasteiger partial charge < -0.3 is 18.0 Å². The highest BCUT2D eigenvalue weighted by Gasteiger charge is 2.45. The molecule has 0 heterocycles. The van der Waals surface area contributed by atoms with Crippen LogP contribution < -0.4 is 0 Å². The minimum absolute atomic E-state index is 0.0609. The average molecular weight is 557 g/mol. The van der Waals surface area contributed by atoms with Gasteiger partial charge in [-0.1, -0.05) is 68.4 Å². The maximum atomic E-state index is 6.88. The topological polar surface area (TPSA) is 36.9 Å². The molecule has 0 aliphatic rings. The molecular formula is C29H60O4Si3. The van der Waals surface area contributed by atoms with Crippen LogP contribution >= 0.6 is 0 Å². The smallest absolute Gasteiger partial charge is 0.193 e. The molecule has 212 valence electrons. The molecule has 7 heteroatoms. The molecule has 0 bridgehead atoms. The van der Waals surface area contributed by atoms with Gasteiger partial charge in [0.2, 0.25) is 0 Å². The van der Waals surface area contributed by atoms with Gasteiger partial charge in [-0.25, -0.2) is 0 Å². The summed E-state index contributed by atoms with van der Waals surface area (Å²) in [7, 11) is -5.97. The van der Waals surface area contributed by atoms with Gasteiger partial charge in [0.1, 0.15) is 6.10 Å². The molecule has 0 spiro atoms. The zero-order valence-electron chi connectivity index (χ0n) is 26.6. The summed E-state index contributed by atoms with van der Waals surface area (Å²) in [6.07, 6.45) is 8.15. The minimum atomic E-state index is -2.10. The van der Waals surface area contributed by atoms with Gasteiger partial charge >= 0.3 is 0 Å². The second-order valence-electron chi connectivity index (χ2n) is 14.7. The second kappa shape index (κ2) is 13.2. The molecule has 36 heavy (non-hydrogen) atoms. The molecule has 0 aromatic rings. The highest BCUT2D eigenvalue weighted by molar-refractivity contribution is 6.75. The molecule has 0 aromatic carbocycles. The Morgan fingerprint density at radius 2 is 1.19 bits per heavy atom. The Labute approximate surface area is 228 Å². The molecule has 0 N–H and O–H groups in total. The van der Waals surface area contributed by atoms with Crippen LogP contribution in [0.1, 0.15) is 75.2 Å². The molecule has 0 radical (unpaired) electrons. The third-order valence-electron chi connectivity index (χ3n) is 8.60. The summed E-state index contributed by atoms with van der Waals surface area (Å²) in [4.78, 5) is 0. The Morgan fingerprint density at radius 1 is 0.750 bits per heavy atom. The van der Waals surface area contributed by atoms with E-state index in [2.05, 4.69) is 114 Å². The van der Waals surface area contributed by atoms with Gasteiger partial charge in [-0.05, 0) is 60.8 Å². The molecule has 0 aromatic heterocycles. The fourth-order valence-corrected chi connectivity index (χ4v) is 6.58. The van der Waals surface area contributed by atoms with Crippen molar-refractivity contribution >= 4 is 25.0 Å². The molecule has 0 rings (SSSR count). The van der Waals surface area contributed by atoms with Gasteiger partial charge in [0.05, 0.1) is 12.2 Å². The van der Waals surface area contributed by atoms with E-state index in [4.69, 9.17) is 24.4 Å². The van der Waals surface area contributed by atoms with E-state index < -0.39 is 25.0 Å². The summed E-state index contributed by atoms with van der Waals surface area (Å²) in [5.41, 5.74) is 0. The highest BCUT2D eigenvalue weighted by atomic mass is 28.4. The van der Waals surface area contributed by atoms with Crippen LogP contribution in [0.5, 0.6) is 0 Å². The van der Waals surface area contributed by atoms with Crippen molar-refractivity contribution in [1.29, 1.82) is 0 Å². The largest absolute Gasteiger partial charge is 0.417 e. The number of hydrogen-bond acceptors (Lipinski definition) is 4. The zero-order valence-corrected chi connectivity index (χ0v) is 29.6. The van der Waals surface area contributed by atoms with Crippen molar-refractivity contribution < 1.29 is 18.0 Å². The van der Waals surface area contributed by atoms with E-state index in [1.165, 1.54) is 0 Å². The van der Waals surface area contributed by atoms with Crippen molar-refractivity contribution in [3.05, 3.63) is 12.7 Å². The van der Waals surface area contributed by atoms with Crippen molar-refractivity contribution in [1.82, 2.24) is 0 Å². The molecule has 0 amide bonds. The molecule has 0 saturated carbocycles. The van der Waals surface area contributed by atoms with E-state index >= 15 is 0 Å². The summed E-state index contributed by atoms with van der Waals surface area (Å²) in [5.74, 6) is 2.85. The first-order valence-electron chi connectivity index (χ1n) is 13.6. The Kier molecular flexibility index (Phi) is 13.2. The minimum Gasteiger partial charge on any atom is -0.417 e. The summed E-state index contributed by atoms with van der Waals surface area (Å²) >= 11 is 0. The SMILES string of the molecule is C#CCC(O[Si](C)(C)C(C)(C)C)C(OCCCO[Si](C)(C)C(C)(C)C)C(C=C)O[Si](C)(C)C(C)(C)C. The quantitative estimate of drug-likeness (QED) is 0.0927. The predicted octanol–water partition coefficient (Wildman–Crippen LogP) is 8.77. The first-order chi connectivity index (χ1) is 15.9. The third-order valence-corrected chi connectivity index (χ3v) is 22.1. The van der Waals surface area contributed by atoms with Crippen LogP contribution in [-0.2, 0) is 18.0 Å². The Morgan fingerprint density at radius 3 is 1.58 bits per heavy atom. The first-order valence-corrected chi connectivity index (χ1v) is 22.3. The molecule has 0 fully saturated rings. The van der Waals surface area contributed by atoms with Crippen LogP contribution in [0, 0.1) is 12.3 Å². The summed E-state index contributed by atoms with van der Waals surface area (Å²) in [6, 6.07) is 0. The first kappa shape index (κ1) is 35.8. The van der Waals surface area contributed by atoms with Crippen molar-refractivity contribution in [3.8, 4) is 12.3 Å². The lowest BCUT2D eigenvalue weighted by Crippen LogP contribution is -2.53. The monoisotopic (exact) mass is 556 g/mol. The van der Waals surface area contributed by atoms with E-state index in [9.17, 15) is 0 Å². The van der Waals surface area contributed by atoms with Gasteiger partial charge in [-0.2, -0.15) is 0 Å². The van der Waals surface area contributed by atoms with Crippen LogP contribution in [0.4, 0.5) is 0 Å². The van der Waals surface area contributed by atoms with E-state index in [0.717, 1.165) is 6.42 Å². The maximum absolute atomic E-state index is 6.88. The van der Waals surface area contributed by atoms with Gasteiger partial charge in [0.15, 0.2) is 25.0 Å².